The fourth-order valence-corrected chi connectivity index (χ4v) is 1.62. The summed E-state index contributed by atoms with van der Waals surface area (Å²) >= 11 is 0. The van der Waals surface area contributed by atoms with Gasteiger partial charge in [0.1, 0.15) is 11.4 Å². The van der Waals surface area contributed by atoms with Gasteiger partial charge in [-0.2, -0.15) is 0 Å². The number of halogens is 1. The number of nitrogens with one attached hydrogen (secondary N) is 1. The van der Waals surface area contributed by atoms with Gasteiger partial charge in [-0.25, -0.2) is 4.39 Å². The minimum absolute atomic E-state index is 0.270. The standard InChI is InChI=1S/C14H15FN2O2/c1-14(2,3)17-13(18)11-8-16-19-12(11)9-4-6-10(15)7-5-9/h4-8H,1-3H3,(H,17,18). The molecule has 0 unspecified atom stereocenters. The number of carbonyl (C=O) groups excluding carboxylic acids is 1. The highest BCUT2D eigenvalue weighted by Gasteiger charge is 2.21. The lowest BCUT2D eigenvalue weighted by molar-refractivity contribution is 0.0920. The third kappa shape index (κ3) is 3.19. The lowest BCUT2D eigenvalue weighted by Gasteiger charge is -2.20. The second kappa shape index (κ2) is 4.84. The third-order valence-electron chi connectivity index (χ3n) is 2.41. The zero-order valence-corrected chi connectivity index (χ0v) is 11.0. The Bertz CT molecular complexity index is 582. The molecule has 0 fully saturated rings. The number of rotatable bonds is 2. The van der Waals surface area contributed by atoms with Crippen LogP contribution in [0.5, 0.6) is 0 Å². The van der Waals surface area contributed by atoms with E-state index in [9.17, 15) is 9.18 Å². The van der Waals surface area contributed by atoms with Crippen LogP contribution in [0.25, 0.3) is 11.3 Å². The maximum absolute atomic E-state index is 12.9. The molecule has 0 bridgehead atoms. The molecule has 0 aliphatic carbocycles. The highest BCUT2D eigenvalue weighted by atomic mass is 19.1. The lowest BCUT2D eigenvalue weighted by Crippen LogP contribution is -2.40. The van der Waals surface area contributed by atoms with Gasteiger partial charge in [-0.1, -0.05) is 5.16 Å². The van der Waals surface area contributed by atoms with Gasteiger partial charge in [0, 0.05) is 11.1 Å². The first-order chi connectivity index (χ1) is 8.87. The first kappa shape index (κ1) is 13.3. The molecule has 1 aromatic heterocycles. The summed E-state index contributed by atoms with van der Waals surface area (Å²) in [6, 6.07) is 5.71. The molecule has 4 nitrogen and oxygen atoms in total. The monoisotopic (exact) mass is 262 g/mol. The van der Waals surface area contributed by atoms with Gasteiger partial charge in [0.25, 0.3) is 5.91 Å². The molecule has 0 radical (unpaired) electrons. The van der Waals surface area contributed by atoms with Crippen LogP contribution in [0.4, 0.5) is 4.39 Å². The molecule has 0 saturated heterocycles. The van der Waals surface area contributed by atoms with Crippen LogP contribution in [0.2, 0.25) is 0 Å². The Labute approximate surface area is 110 Å². The molecule has 0 aliphatic heterocycles. The molecule has 19 heavy (non-hydrogen) atoms. The average Bonchev–Trinajstić information content (AvgIpc) is 2.76. The van der Waals surface area contributed by atoms with Crippen molar-refractivity contribution in [3.8, 4) is 11.3 Å². The van der Waals surface area contributed by atoms with E-state index in [1.807, 2.05) is 20.8 Å². The van der Waals surface area contributed by atoms with Gasteiger partial charge < -0.3 is 9.84 Å². The maximum atomic E-state index is 12.9. The van der Waals surface area contributed by atoms with E-state index >= 15 is 0 Å². The topological polar surface area (TPSA) is 55.1 Å². The molecular weight excluding hydrogens is 247 g/mol. The van der Waals surface area contributed by atoms with E-state index in [0.717, 1.165) is 0 Å². The van der Waals surface area contributed by atoms with Crippen molar-refractivity contribution in [2.75, 3.05) is 0 Å². The number of amides is 1. The van der Waals surface area contributed by atoms with Crippen LogP contribution in [0.1, 0.15) is 31.1 Å². The fourth-order valence-electron chi connectivity index (χ4n) is 1.62. The number of aromatic nitrogens is 1. The molecule has 0 aliphatic rings. The predicted molar refractivity (Wildman–Crippen MR) is 69.1 cm³/mol. The van der Waals surface area contributed by atoms with Crippen molar-refractivity contribution in [1.82, 2.24) is 10.5 Å². The van der Waals surface area contributed by atoms with Gasteiger partial charge in [-0.3, -0.25) is 4.79 Å². The van der Waals surface area contributed by atoms with Crippen molar-refractivity contribution < 1.29 is 13.7 Å². The van der Waals surface area contributed by atoms with Gasteiger partial charge in [0.15, 0.2) is 5.76 Å². The normalized spacial score (nSPS) is 11.4. The SMILES string of the molecule is CC(C)(C)NC(=O)c1cnoc1-c1ccc(F)cc1. The molecular formula is C14H15FN2O2. The summed E-state index contributed by atoms with van der Waals surface area (Å²) < 4.78 is 18.0. The Morgan fingerprint density at radius 2 is 1.89 bits per heavy atom. The van der Waals surface area contributed by atoms with E-state index in [0.29, 0.717) is 16.9 Å². The number of carbonyl (C=O) groups is 1. The Balaban J connectivity index is 2.32. The van der Waals surface area contributed by atoms with E-state index in [4.69, 9.17) is 4.52 Å². The van der Waals surface area contributed by atoms with Crippen molar-refractivity contribution >= 4 is 5.91 Å². The molecule has 5 heteroatoms. The molecule has 0 spiro atoms. The van der Waals surface area contributed by atoms with Gasteiger partial charge in [0.05, 0.1) is 6.20 Å². The minimum Gasteiger partial charge on any atom is -0.355 e. The van der Waals surface area contributed by atoms with Crippen LogP contribution in [0, 0.1) is 5.82 Å². The molecule has 1 amide bonds. The second-order valence-corrected chi connectivity index (χ2v) is 5.28. The van der Waals surface area contributed by atoms with Crippen molar-refractivity contribution in [2.24, 2.45) is 0 Å². The minimum atomic E-state index is -0.353. The Hall–Kier alpha value is -2.17. The van der Waals surface area contributed by atoms with E-state index in [1.165, 1.54) is 18.3 Å². The summed E-state index contributed by atoms with van der Waals surface area (Å²) in [7, 11) is 0. The van der Waals surface area contributed by atoms with Crippen LogP contribution in [-0.4, -0.2) is 16.6 Å². The molecule has 1 N–H and O–H groups in total. The summed E-state index contributed by atoms with van der Waals surface area (Å²) in [6.07, 6.45) is 1.36. The molecule has 2 aromatic rings. The van der Waals surface area contributed by atoms with E-state index in [1.54, 1.807) is 12.1 Å². The Morgan fingerprint density at radius 1 is 1.26 bits per heavy atom. The first-order valence-electron chi connectivity index (χ1n) is 5.90. The van der Waals surface area contributed by atoms with Crippen molar-refractivity contribution in [3.05, 3.63) is 41.8 Å². The molecule has 1 heterocycles. The number of benzene rings is 1. The zero-order chi connectivity index (χ0) is 14.0. The maximum Gasteiger partial charge on any atom is 0.257 e. The van der Waals surface area contributed by atoms with Crippen molar-refractivity contribution in [2.45, 2.75) is 26.3 Å². The van der Waals surface area contributed by atoms with Gasteiger partial charge in [-0.05, 0) is 45.0 Å². The fraction of sp³-hybridized carbons (Fsp3) is 0.286. The average molecular weight is 262 g/mol. The Morgan fingerprint density at radius 3 is 2.47 bits per heavy atom. The molecule has 2 rings (SSSR count). The largest absolute Gasteiger partial charge is 0.355 e. The predicted octanol–water partition coefficient (Wildman–Crippen LogP) is 3.01. The highest BCUT2D eigenvalue weighted by Crippen LogP contribution is 2.24. The summed E-state index contributed by atoms with van der Waals surface area (Å²) in [5.74, 6) is -0.279. The van der Waals surface area contributed by atoms with E-state index in [-0.39, 0.29) is 17.3 Å². The van der Waals surface area contributed by atoms with Gasteiger partial charge >= 0.3 is 0 Å². The van der Waals surface area contributed by atoms with Gasteiger partial charge in [-0.15, -0.1) is 0 Å². The zero-order valence-electron chi connectivity index (χ0n) is 11.0. The van der Waals surface area contributed by atoms with Crippen LogP contribution < -0.4 is 5.32 Å². The van der Waals surface area contributed by atoms with Crippen LogP contribution in [-0.2, 0) is 0 Å². The molecule has 100 valence electrons. The summed E-state index contributed by atoms with van der Waals surface area (Å²) in [6.45, 7) is 5.65. The number of hydrogen-bond acceptors (Lipinski definition) is 3. The van der Waals surface area contributed by atoms with Crippen molar-refractivity contribution in [1.29, 1.82) is 0 Å². The lowest BCUT2D eigenvalue weighted by atomic mass is 10.1. The second-order valence-electron chi connectivity index (χ2n) is 5.28. The molecule has 0 atom stereocenters. The number of nitrogens with zero attached hydrogens (tertiary/aromatic N) is 1. The van der Waals surface area contributed by atoms with Crippen LogP contribution in [0.15, 0.2) is 35.0 Å². The van der Waals surface area contributed by atoms with E-state index in [2.05, 4.69) is 10.5 Å². The van der Waals surface area contributed by atoms with E-state index < -0.39 is 0 Å². The van der Waals surface area contributed by atoms with Crippen LogP contribution >= 0.6 is 0 Å². The summed E-state index contributed by atoms with van der Waals surface area (Å²) in [4.78, 5) is 12.1. The molecule has 0 saturated carbocycles. The number of hydrogen-bond donors (Lipinski definition) is 1. The van der Waals surface area contributed by atoms with Crippen LogP contribution in [0.3, 0.4) is 0 Å². The summed E-state index contributed by atoms with van der Waals surface area (Å²) in [5, 5.41) is 6.47. The summed E-state index contributed by atoms with van der Waals surface area (Å²) in [5.41, 5.74) is 0.591. The third-order valence-corrected chi connectivity index (χ3v) is 2.41. The first-order valence-corrected chi connectivity index (χ1v) is 5.90. The van der Waals surface area contributed by atoms with Crippen molar-refractivity contribution in [3.63, 3.8) is 0 Å². The quantitative estimate of drug-likeness (QED) is 0.905. The molecule has 1 aromatic carbocycles. The Kier molecular flexibility index (Phi) is 3.38. The van der Waals surface area contributed by atoms with Gasteiger partial charge in [0.2, 0.25) is 0 Å². The smallest absolute Gasteiger partial charge is 0.257 e. The highest BCUT2D eigenvalue weighted by molar-refractivity contribution is 5.99.